The number of aromatic nitrogens is 4. The molecular weight excluding hydrogens is 326 g/mol. The van der Waals surface area contributed by atoms with Gasteiger partial charge in [-0.25, -0.2) is 14.6 Å². The van der Waals surface area contributed by atoms with Crippen LogP contribution in [0.15, 0.2) is 17.2 Å². The Morgan fingerprint density at radius 2 is 1.81 bits per heavy atom. The van der Waals surface area contributed by atoms with Crippen molar-refractivity contribution in [3.63, 3.8) is 0 Å². The summed E-state index contributed by atoms with van der Waals surface area (Å²) >= 11 is 0. The lowest BCUT2D eigenvalue weighted by Crippen LogP contribution is -2.50. The molecule has 2 aromatic rings. The Hall–Kier alpha value is -2.24. The topological polar surface area (TPSA) is 63.9 Å². The highest BCUT2D eigenvalue weighted by molar-refractivity contribution is 5.51. The molecule has 1 saturated heterocycles. The third-order valence-electron chi connectivity index (χ3n) is 6.06. The molecule has 6 nitrogen and oxygen atoms in total. The lowest BCUT2D eigenvalue weighted by atomic mass is 9.98. The van der Waals surface area contributed by atoms with E-state index in [2.05, 4.69) is 20.0 Å². The Morgan fingerprint density at radius 1 is 0.962 bits per heavy atom. The highest BCUT2D eigenvalue weighted by atomic mass is 16.1. The van der Waals surface area contributed by atoms with E-state index < -0.39 is 0 Å². The van der Waals surface area contributed by atoms with Crippen LogP contribution in [-0.4, -0.2) is 32.8 Å². The summed E-state index contributed by atoms with van der Waals surface area (Å²) in [5.74, 6) is 1.60. The molecule has 0 aromatic carbocycles. The zero-order valence-electron chi connectivity index (χ0n) is 15.2. The summed E-state index contributed by atoms with van der Waals surface area (Å²) < 4.78 is 1.69. The first-order valence-corrected chi connectivity index (χ1v) is 9.95. The first-order valence-electron chi connectivity index (χ1n) is 9.95. The minimum absolute atomic E-state index is 0.0556. The molecule has 0 bridgehead atoms. The van der Waals surface area contributed by atoms with Crippen LogP contribution in [0.4, 0.5) is 5.82 Å². The van der Waals surface area contributed by atoms with Crippen molar-refractivity contribution in [2.75, 3.05) is 18.0 Å². The van der Waals surface area contributed by atoms with Gasteiger partial charge in [-0.05, 0) is 50.5 Å². The lowest BCUT2D eigenvalue weighted by Gasteiger charge is -2.41. The van der Waals surface area contributed by atoms with E-state index in [1.165, 1.54) is 30.5 Å². The fourth-order valence-electron chi connectivity index (χ4n) is 4.63. The van der Waals surface area contributed by atoms with Gasteiger partial charge in [0, 0.05) is 36.3 Å². The second kappa shape index (κ2) is 6.49. The monoisotopic (exact) mass is 351 g/mol. The number of aryl methyl sites for hydroxylation is 3. The molecule has 5 rings (SSSR count). The number of nitrogens with zero attached hydrogens (tertiary/aromatic N) is 5. The molecule has 0 unspecified atom stereocenters. The predicted octanol–water partition coefficient (Wildman–Crippen LogP) is 1.93. The van der Waals surface area contributed by atoms with Gasteiger partial charge in [0.05, 0.1) is 12.2 Å². The maximum absolute atomic E-state index is 12.3. The molecule has 1 fully saturated rings. The van der Waals surface area contributed by atoms with Gasteiger partial charge in [0.25, 0.3) is 5.56 Å². The standard InChI is InChI=1S/C20H25N5O/c26-19-9-15-5-4-8-17(15)23-25(19)12-14-10-24(11-14)20-16-6-2-1-3-7-18(16)21-13-22-20/h9,13-14H,1-8,10-12H2. The molecule has 3 heterocycles. The molecule has 1 aliphatic heterocycles. The second-order valence-corrected chi connectivity index (χ2v) is 7.94. The first kappa shape index (κ1) is 16.0. The number of fused-ring (bicyclic) bond motifs is 2. The van der Waals surface area contributed by atoms with Crippen LogP contribution in [0.5, 0.6) is 0 Å². The summed E-state index contributed by atoms with van der Waals surface area (Å²) in [5.41, 5.74) is 4.94. The van der Waals surface area contributed by atoms with E-state index in [0.717, 1.165) is 68.8 Å². The van der Waals surface area contributed by atoms with E-state index in [1.807, 2.05) is 0 Å². The van der Waals surface area contributed by atoms with Gasteiger partial charge in [-0.1, -0.05) is 6.42 Å². The van der Waals surface area contributed by atoms with Crippen LogP contribution < -0.4 is 10.5 Å². The summed E-state index contributed by atoms with van der Waals surface area (Å²) in [6.45, 7) is 2.62. The van der Waals surface area contributed by atoms with Crippen molar-refractivity contribution >= 4 is 5.82 Å². The third-order valence-corrected chi connectivity index (χ3v) is 6.06. The molecule has 0 radical (unpaired) electrons. The van der Waals surface area contributed by atoms with Crippen LogP contribution in [0.3, 0.4) is 0 Å². The molecule has 3 aliphatic rings. The van der Waals surface area contributed by atoms with Crippen molar-refractivity contribution in [2.24, 2.45) is 5.92 Å². The fourth-order valence-corrected chi connectivity index (χ4v) is 4.63. The van der Waals surface area contributed by atoms with Gasteiger partial charge in [-0.2, -0.15) is 5.10 Å². The van der Waals surface area contributed by atoms with Gasteiger partial charge in [0.2, 0.25) is 0 Å². The Balaban J connectivity index is 1.29. The summed E-state index contributed by atoms with van der Waals surface area (Å²) in [5, 5.41) is 4.62. The zero-order chi connectivity index (χ0) is 17.5. The van der Waals surface area contributed by atoms with Crippen molar-refractivity contribution in [2.45, 2.75) is 57.9 Å². The van der Waals surface area contributed by atoms with E-state index >= 15 is 0 Å². The molecule has 2 aromatic heterocycles. The van der Waals surface area contributed by atoms with Gasteiger partial charge >= 0.3 is 0 Å². The molecule has 26 heavy (non-hydrogen) atoms. The highest BCUT2D eigenvalue weighted by Gasteiger charge is 2.31. The quantitative estimate of drug-likeness (QED) is 0.791. The maximum atomic E-state index is 12.3. The Morgan fingerprint density at radius 3 is 2.73 bits per heavy atom. The van der Waals surface area contributed by atoms with E-state index in [9.17, 15) is 4.79 Å². The van der Waals surface area contributed by atoms with E-state index in [1.54, 1.807) is 17.1 Å². The van der Waals surface area contributed by atoms with E-state index in [-0.39, 0.29) is 5.56 Å². The van der Waals surface area contributed by atoms with Crippen molar-refractivity contribution in [1.82, 2.24) is 19.7 Å². The largest absolute Gasteiger partial charge is 0.355 e. The summed E-state index contributed by atoms with van der Waals surface area (Å²) in [6.07, 6.45) is 10.8. The molecular formula is C20H25N5O. The zero-order valence-corrected chi connectivity index (χ0v) is 15.2. The normalized spacial score (nSPS) is 19.6. The Bertz CT molecular complexity index is 884. The molecule has 0 amide bonds. The molecule has 0 atom stereocenters. The fraction of sp³-hybridized carbons (Fsp3) is 0.600. The molecule has 136 valence electrons. The van der Waals surface area contributed by atoms with Gasteiger partial charge in [-0.15, -0.1) is 0 Å². The molecule has 0 saturated carbocycles. The van der Waals surface area contributed by atoms with Crippen LogP contribution in [0, 0.1) is 5.92 Å². The average molecular weight is 351 g/mol. The number of hydrogen-bond acceptors (Lipinski definition) is 5. The highest BCUT2D eigenvalue weighted by Crippen LogP contribution is 2.31. The lowest BCUT2D eigenvalue weighted by molar-refractivity contribution is 0.330. The molecule has 0 spiro atoms. The van der Waals surface area contributed by atoms with Crippen LogP contribution in [0.1, 0.15) is 48.2 Å². The Kier molecular flexibility index (Phi) is 3.98. The SMILES string of the molecule is O=c1cc2c(nn1CC1CN(c3ncnc4c3CCCCC4)C1)CCC2. The predicted molar refractivity (Wildman–Crippen MR) is 99.5 cm³/mol. The number of hydrogen-bond donors (Lipinski definition) is 0. The van der Waals surface area contributed by atoms with E-state index in [4.69, 9.17) is 0 Å². The molecule has 6 heteroatoms. The van der Waals surface area contributed by atoms with Crippen molar-refractivity contribution < 1.29 is 0 Å². The van der Waals surface area contributed by atoms with Crippen LogP contribution in [0.2, 0.25) is 0 Å². The van der Waals surface area contributed by atoms with Crippen molar-refractivity contribution in [3.8, 4) is 0 Å². The van der Waals surface area contributed by atoms with E-state index in [0.29, 0.717) is 5.92 Å². The summed E-state index contributed by atoms with van der Waals surface area (Å²) in [6, 6.07) is 1.80. The first-order chi connectivity index (χ1) is 12.8. The van der Waals surface area contributed by atoms with Crippen LogP contribution >= 0.6 is 0 Å². The Labute approximate surface area is 153 Å². The minimum atomic E-state index is 0.0556. The van der Waals surface area contributed by atoms with Gasteiger partial charge in [0.15, 0.2) is 0 Å². The van der Waals surface area contributed by atoms with Crippen LogP contribution in [-0.2, 0) is 32.2 Å². The maximum Gasteiger partial charge on any atom is 0.267 e. The molecule has 0 N–H and O–H groups in total. The minimum Gasteiger partial charge on any atom is -0.355 e. The smallest absolute Gasteiger partial charge is 0.267 e. The van der Waals surface area contributed by atoms with Gasteiger partial charge < -0.3 is 4.90 Å². The average Bonchev–Trinajstić information content (AvgIpc) is 2.91. The summed E-state index contributed by atoms with van der Waals surface area (Å²) in [7, 11) is 0. The molecule has 2 aliphatic carbocycles. The van der Waals surface area contributed by atoms with Crippen molar-refractivity contribution in [3.05, 3.63) is 45.3 Å². The second-order valence-electron chi connectivity index (χ2n) is 7.94. The third kappa shape index (κ3) is 2.81. The summed E-state index contributed by atoms with van der Waals surface area (Å²) in [4.78, 5) is 23.8. The van der Waals surface area contributed by atoms with Gasteiger partial charge in [0.1, 0.15) is 12.1 Å². The number of anilines is 1. The van der Waals surface area contributed by atoms with Crippen molar-refractivity contribution in [1.29, 1.82) is 0 Å². The van der Waals surface area contributed by atoms with Gasteiger partial charge in [-0.3, -0.25) is 4.79 Å². The number of rotatable bonds is 3. The van der Waals surface area contributed by atoms with Crippen LogP contribution in [0.25, 0.3) is 0 Å².